The first-order chi connectivity index (χ1) is 6.70. The summed E-state index contributed by atoms with van der Waals surface area (Å²) in [6.45, 7) is 5.53. The largest absolute Gasteiger partial charge is 0.355 e. The molecule has 82 valence electrons. The lowest BCUT2D eigenvalue weighted by Crippen LogP contribution is -2.29. The molecule has 1 aliphatic carbocycles. The van der Waals surface area contributed by atoms with Crippen molar-refractivity contribution in [1.29, 1.82) is 0 Å². The highest BCUT2D eigenvalue weighted by molar-refractivity contribution is 5.79. The van der Waals surface area contributed by atoms with Crippen LogP contribution >= 0.6 is 0 Å². The summed E-state index contributed by atoms with van der Waals surface area (Å²) >= 11 is 0. The summed E-state index contributed by atoms with van der Waals surface area (Å²) in [5.74, 6) is 1.01. The minimum Gasteiger partial charge on any atom is -0.355 e. The van der Waals surface area contributed by atoms with Crippen molar-refractivity contribution in [1.82, 2.24) is 0 Å². The van der Waals surface area contributed by atoms with Crippen LogP contribution in [0.25, 0.3) is 0 Å². The van der Waals surface area contributed by atoms with Crippen LogP contribution in [0.15, 0.2) is 0 Å². The second-order valence-electron chi connectivity index (χ2n) is 4.08. The van der Waals surface area contributed by atoms with E-state index in [1.54, 1.807) is 0 Å². The Labute approximate surface area is 85.8 Å². The van der Waals surface area contributed by atoms with Crippen LogP contribution in [0.3, 0.4) is 0 Å². The summed E-state index contributed by atoms with van der Waals surface area (Å²) in [5.41, 5.74) is 0. The zero-order valence-corrected chi connectivity index (χ0v) is 9.12. The van der Waals surface area contributed by atoms with Gasteiger partial charge >= 0.3 is 0 Å². The Morgan fingerprint density at radius 3 is 2.14 bits per heavy atom. The zero-order valence-electron chi connectivity index (χ0n) is 9.12. The zero-order chi connectivity index (χ0) is 10.4. The predicted molar refractivity (Wildman–Crippen MR) is 54.0 cm³/mol. The van der Waals surface area contributed by atoms with Crippen molar-refractivity contribution in [2.45, 2.75) is 45.6 Å². The van der Waals surface area contributed by atoms with E-state index in [9.17, 15) is 4.79 Å². The Morgan fingerprint density at radius 1 is 1.21 bits per heavy atom. The van der Waals surface area contributed by atoms with Crippen LogP contribution in [-0.4, -0.2) is 25.3 Å². The maximum Gasteiger partial charge on any atom is 0.147 e. The van der Waals surface area contributed by atoms with E-state index in [4.69, 9.17) is 9.47 Å². The van der Waals surface area contributed by atoms with Crippen molar-refractivity contribution in [2.75, 3.05) is 13.4 Å². The van der Waals surface area contributed by atoms with Crippen LogP contribution in [-0.2, 0) is 14.3 Å². The SMILES string of the molecule is CC1COCOC1C.O=C1CCCC1. The molecule has 1 heterocycles. The average Bonchev–Trinajstić information content (AvgIpc) is 2.63. The summed E-state index contributed by atoms with van der Waals surface area (Å²) in [4.78, 5) is 10.2. The number of Topliss-reactive ketones (excluding diaryl/α,β-unsaturated/α-hetero) is 1. The lowest BCUT2D eigenvalue weighted by molar-refractivity contribution is -0.159. The first kappa shape index (κ1) is 11.7. The number of rotatable bonds is 0. The van der Waals surface area contributed by atoms with Gasteiger partial charge in [-0.25, -0.2) is 0 Å². The predicted octanol–water partition coefficient (Wildman–Crippen LogP) is 2.14. The van der Waals surface area contributed by atoms with Gasteiger partial charge in [0.15, 0.2) is 0 Å². The molecule has 0 spiro atoms. The standard InChI is InChI=1S/C6H12O2.C5H8O/c1-5-3-7-4-8-6(5)2;6-5-3-1-2-4-5/h5-6H,3-4H2,1-2H3;1-4H2. The second-order valence-corrected chi connectivity index (χ2v) is 4.08. The molecule has 1 saturated carbocycles. The van der Waals surface area contributed by atoms with E-state index in [1.165, 1.54) is 0 Å². The van der Waals surface area contributed by atoms with Gasteiger partial charge < -0.3 is 9.47 Å². The highest BCUT2D eigenvalue weighted by atomic mass is 16.7. The molecule has 0 aromatic rings. The summed E-state index contributed by atoms with van der Waals surface area (Å²) < 4.78 is 10.2. The summed E-state index contributed by atoms with van der Waals surface area (Å²) in [6.07, 6.45) is 4.35. The molecule has 2 rings (SSSR count). The Kier molecular flexibility index (Phi) is 5.12. The molecule has 1 saturated heterocycles. The van der Waals surface area contributed by atoms with Crippen molar-refractivity contribution in [3.05, 3.63) is 0 Å². The number of carbonyl (C=O) groups is 1. The molecular formula is C11H20O3. The third-order valence-electron chi connectivity index (χ3n) is 2.76. The first-order valence-corrected chi connectivity index (χ1v) is 5.41. The van der Waals surface area contributed by atoms with Crippen LogP contribution in [0.5, 0.6) is 0 Å². The Hall–Kier alpha value is -0.410. The van der Waals surface area contributed by atoms with Crippen molar-refractivity contribution >= 4 is 5.78 Å². The Bertz CT molecular complexity index is 161. The molecule has 1 aliphatic heterocycles. The van der Waals surface area contributed by atoms with Crippen molar-refractivity contribution < 1.29 is 14.3 Å². The molecule has 2 unspecified atom stereocenters. The van der Waals surface area contributed by atoms with E-state index in [1.807, 2.05) is 0 Å². The molecule has 0 N–H and O–H groups in total. The van der Waals surface area contributed by atoms with Crippen LogP contribution in [0.4, 0.5) is 0 Å². The van der Waals surface area contributed by atoms with Crippen LogP contribution < -0.4 is 0 Å². The Balaban J connectivity index is 0.000000146. The smallest absolute Gasteiger partial charge is 0.147 e. The number of hydrogen-bond donors (Lipinski definition) is 0. The van der Waals surface area contributed by atoms with Crippen molar-refractivity contribution in [3.8, 4) is 0 Å². The van der Waals surface area contributed by atoms with Gasteiger partial charge in [0, 0.05) is 18.8 Å². The summed E-state index contributed by atoms with van der Waals surface area (Å²) in [7, 11) is 0. The highest BCUT2D eigenvalue weighted by Crippen LogP contribution is 2.12. The van der Waals surface area contributed by atoms with Gasteiger partial charge in [-0.2, -0.15) is 0 Å². The lowest BCUT2D eigenvalue weighted by Gasteiger charge is -2.25. The van der Waals surface area contributed by atoms with Gasteiger partial charge in [0.25, 0.3) is 0 Å². The van der Waals surface area contributed by atoms with Crippen LogP contribution in [0, 0.1) is 5.92 Å². The number of ketones is 1. The van der Waals surface area contributed by atoms with Crippen molar-refractivity contribution in [2.24, 2.45) is 5.92 Å². The topological polar surface area (TPSA) is 35.5 Å². The van der Waals surface area contributed by atoms with Gasteiger partial charge in [-0.15, -0.1) is 0 Å². The molecule has 2 aliphatic rings. The number of ether oxygens (including phenoxy) is 2. The third-order valence-corrected chi connectivity index (χ3v) is 2.76. The van der Waals surface area contributed by atoms with Gasteiger partial charge in [-0.1, -0.05) is 6.92 Å². The molecule has 0 aromatic carbocycles. The van der Waals surface area contributed by atoms with E-state index in [0.717, 1.165) is 32.3 Å². The average molecular weight is 200 g/mol. The first-order valence-electron chi connectivity index (χ1n) is 5.41. The lowest BCUT2D eigenvalue weighted by atomic mass is 10.1. The third kappa shape index (κ3) is 4.20. The molecule has 14 heavy (non-hydrogen) atoms. The maximum absolute atomic E-state index is 10.2. The monoisotopic (exact) mass is 200 g/mol. The molecule has 0 amide bonds. The van der Waals surface area contributed by atoms with Gasteiger partial charge in [0.2, 0.25) is 0 Å². The molecule has 3 nitrogen and oxygen atoms in total. The molecular weight excluding hydrogens is 180 g/mol. The fourth-order valence-electron chi connectivity index (χ4n) is 1.46. The fraction of sp³-hybridized carbons (Fsp3) is 0.909. The van der Waals surface area contributed by atoms with E-state index >= 15 is 0 Å². The van der Waals surface area contributed by atoms with Gasteiger partial charge in [-0.05, 0) is 19.8 Å². The molecule has 3 heteroatoms. The highest BCUT2D eigenvalue weighted by Gasteiger charge is 2.16. The van der Waals surface area contributed by atoms with Crippen LogP contribution in [0.1, 0.15) is 39.5 Å². The second kappa shape index (κ2) is 6.14. The molecule has 0 aromatic heterocycles. The molecule has 0 radical (unpaired) electrons. The van der Waals surface area contributed by atoms with E-state index in [-0.39, 0.29) is 0 Å². The molecule has 0 bridgehead atoms. The summed E-state index contributed by atoms with van der Waals surface area (Å²) in [5, 5.41) is 0. The van der Waals surface area contributed by atoms with Gasteiger partial charge in [0.1, 0.15) is 12.6 Å². The molecule has 2 fully saturated rings. The molecule has 2 atom stereocenters. The number of hydrogen-bond acceptors (Lipinski definition) is 3. The van der Waals surface area contributed by atoms with E-state index in [2.05, 4.69) is 13.8 Å². The Morgan fingerprint density at radius 2 is 1.86 bits per heavy atom. The van der Waals surface area contributed by atoms with Gasteiger partial charge in [0.05, 0.1) is 12.7 Å². The van der Waals surface area contributed by atoms with Crippen molar-refractivity contribution in [3.63, 3.8) is 0 Å². The quantitative estimate of drug-likeness (QED) is 0.601. The van der Waals surface area contributed by atoms with Gasteiger partial charge in [-0.3, -0.25) is 4.79 Å². The minimum absolute atomic E-state index is 0.378. The van der Waals surface area contributed by atoms with Crippen LogP contribution in [0.2, 0.25) is 0 Å². The number of carbonyl (C=O) groups excluding carboxylic acids is 1. The fourth-order valence-corrected chi connectivity index (χ4v) is 1.46. The van der Waals surface area contributed by atoms with E-state index in [0.29, 0.717) is 24.6 Å². The maximum atomic E-state index is 10.2. The minimum atomic E-state index is 0.378. The normalized spacial score (nSPS) is 32.3. The van der Waals surface area contributed by atoms with E-state index < -0.39 is 0 Å². The summed E-state index contributed by atoms with van der Waals surface area (Å²) in [6, 6.07) is 0.